The van der Waals surface area contributed by atoms with Crippen LogP contribution in [0.4, 0.5) is 0 Å². The van der Waals surface area contributed by atoms with Crippen LogP contribution in [-0.4, -0.2) is 42.4 Å². The molecule has 23 heavy (non-hydrogen) atoms. The van der Waals surface area contributed by atoms with Gasteiger partial charge in [-0.05, 0) is 55.6 Å². The van der Waals surface area contributed by atoms with Gasteiger partial charge in [0.05, 0.1) is 0 Å². The zero-order chi connectivity index (χ0) is 17.4. The Hall–Kier alpha value is -0.770. The van der Waals surface area contributed by atoms with Crippen molar-refractivity contribution < 1.29 is 9.84 Å². The number of halogens is 1. The van der Waals surface area contributed by atoms with Crippen molar-refractivity contribution in [2.45, 2.75) is 59.5 Å². The predicted octanol–water partition coefficient (Wildman–Crippen LogP) is 4.63. The molecule has 0 aliphatic heterocycles. The molecule has 1 unspecified atom stereocenters. The van der Waals surface area contributed by atoms with Gasteiger partial charge in [0.15, 0.2) is 0 Å². The highest BCUT2D eigenvalue weighted by molar-refractivity contribution is 6.31. The summed E-state index contributed by atoms with van der Waals surface area (Å²) in [7, 11) is 0. The van der Waals surface area contributed by atoms with Crippen LogP contribution in [0.15, 0.2) is 12.1 Å². The van der Waals surface area contributed by atoms with Crippen LogP contribution in [0.3, 0.4) is 0 Å². The van der Waals surface area contributed by atoms with E-state index in [-0.39, 0.29) is 0 Å². The predicted molar refractivity (Wildman–Crippen MR) is 98.8 cm³/mol. The number of aliphatic hydroxyl groups excluding tert-OH is 1. The minimum atomic E-state index is -0.484. The first-order chi connectivity index (χ1) is 10.9. The molecular weight excluding hydrogens is 310 g/mol. The molecule has 1 aromatic rings. The molecule has 0 saturated heterocycles. The molecule has 0 fully saturated rings. The Morgan fingerprint density at radius 1 is 1.26 bits per heavy atom. The Labute approximate surface area is 146 Å². The summed E-state index contributed by atoms with van der Waals surface area (Å²) < 4.78 is 5.91. The quantitative estimate of drug-likeness (QED) is 0.673. The van der Waals surface area contributed by atoms with Gasteiger partial charge in [-0.3, -0.25) is 0 Å². The Balaban J connectivity index is 2.64. The molecule has 0 aliphatic rings. The molecule has 0 saturated carbocycles. The number of benzene rings is 1. The zero-order valence-electron chi connectivity index (χ0n) is 15.2. The number of nitrogens with zero attached hydrogens (tertiary/aromatic N) is 1. The number of ether oxygens (including phenoxy) is 1. The van der Waals surface area contributed by atoms with Gasteiger partial charge in [0.25, 0.3) is 0 Å². The molecule has 0 amide bonds. The summed E-state index contributed by atoms with van der Waals surface area (Å²) in [5, 5.41) is 11.0. The minimum Gasteiger partial charge on any atom is -0.491 e. The average molecular weight is 342 g/mol. The first kappa shape index (κ1) is 20.3. The van der Waals surface area contributed by atoms with E-state index >= 15 is 0 Å². The van der Waals surface area contributed by atoms with Gasteiger partial charge in [-0.2, -0.15) is 0 Å². The normalized spacial score (nSPS) is 12.9. The van der Waals surface area contributed by atoms with E-state index in [9.17, 15) is 5.11 Å². The first-order valence-electron chi connectivity index (χ1n) is 8.72. The van der Waals surface area contributed by atoms with Gasteiger partial charge >= 0.3 is 0 Å². The SMILES string of the molecule is CCCCN(CC)CC(O)COc1cc(C)c(Cl)cc1C(C)C. The second-order valence-electron chi connectivity index (χ2n) is 6.51. The van der Waals surface area contributed by atoms with Crippen LogP contribution in [0.5, 0.6) is 5.75 Å². The summed E-state index contributed by atoms with van der Waals surface area (Å²) in [6, 6.07) is 3.95. The molecule has 1 aromatic carbocycles. The standard InChI is InChI=1S/C19H32ClNO2/c1-6-8-9-21(7-2)12-16(22)13-23-19-10-15(5)18(20)11-17(19)14(3)4/h10-11,14,16,22H,6-9,12-13H2,1-5H3. The van der Waals surface area contributed by atoms with E-state index in [0.717, 1.165) is 41.4 Å². The third-order valence-electron chi connectivity index (χ3n) is 4.09. The number of aliphatic hydroxyl groups is 1. The van der Waals surface area contributed by atoms with Crippen molar-refractivity contribution in [2.75, 3.05) is 26.2 Å². The molecule has 0 aromatic heterocycles. The minimum absolute atomic E-state index is 0.309. The van der Waals surface area contributed by atoms with Crippen LogP contribution in [0.1, 0.15) is 57.6 Å². The lowest BCUT2D eigenvalue weighted by Gasteiger charge is -2.24. The molecule has 0 aliphatic carbocycles. The highest BCUT2D eigenvalue weighted by atomic mass is 35.5. The number of hydrogen-bond donors (Lipinski definition) is 1. The molecule has 1 rings (SSSR count). The zero-order valence-corrected chi connectivity index (χ0v) is 16.0. The van der Waals surface area contributed by atoms with Crippen LogP contribution in [0, 0.1) is 6.92 Å². The Kier molecular flexibility index (Phi) is 8.96. The lowest BCUT2D eigenvalue weighted by Crippen LogP contribution is -2.36. The highest BCUT2D eigenvalue weighted by Crippen LogP contribution is 2.32. The fourth-order valence-electron chi connectivity index (χ4n) is 2.54. The summed E-state index contributed by atoms with van der Waals surface area (Å²) in [5.74, 6) is 1.16. The maximum absolute atomic E-state index is 10.3. The third kappa shape index (κ3) is 6.70. The Morgan fingerprint density at radius 3 is 2.52 bits per heavy atom. The lowest BCUT2D eigenvalue weighted by atomic mass is 10.0. The smallest absolute Gasteiger partial charge is 0.123 e. The van der Waals surface area contributed by atoms with Crippen molar-refractivity contribution >= 4 is 11.6 Å². The van der Waals surface area contributed by atoms with Gasteiger partial charge < -0.3 is 14.7 Å². The van der Waals surface area contributed by atoms with Crippen molar-refractivity contribution in [3.8, 4) is 5.75 Å². The molecule has 132 valence electrons. The number of likely N-dealkylation sites (N-methyl/N-ethyl adjacent to an activating group) is 1. The van der Waals surface area contributed by atoms with Crippen LogP contribution in [-0.2, 0) is 0 Å². The first-order valence-corrected chi connectivity index (χ1v) is 9.10. The lowest BCUT2D eigenvalue weighted by molar-refractivity contribution is 0.0690. The van der Waals surface area contributed by atoms with Gasteiger partial charge in [-0.15, -0.1) is 0 Å². The maximum Gasteiger partial charge on any atom is 0.123 e. The monoisotopic (exact) mass is 341 g/mol. The van der Waals surface area contributed by atoms with E-state index in [1.54, 1.807) is 0 Å². The van der Waals surface area contributed by atoms with E-state index in [4.69, 9.17) is 16.3 Å². The summed E-state index contributed by atoms with van der Waals surface area (Å²) in [5.41, 5.74) is 2.09. The largest absolute Gasteiger partial charge is 0.491 e. The van der Waals surface area contributed by atoms with Crippen LogP contribution < -0.4 is 4.74 Å². The summed E-state index contributed by atoms with van der Waals surface area (Å²) in [4.78, 5) is 2.27. The van der Waals surface area contributed by atoms with Crippen molar-refractivity contribution in [3.63, 3.8) is 0 Å². The molecular formula is C19H32ClNO2. The van der Waals surface area contributed by atoms with E-state index in [1.165, 1.54) is 6.42 Å². The number of unbranched alkanes of at least 4 members (excludes halogenated alkanes) is 1. The van der Waals surface area contributed by atoms with Crippen molar-refractivity contribution in [1.29, 1.82) is 0 Å². The van der Waals surface area contributed by atoms with Crippen LogP contribution >= 0.6 is 11.6 Å². The summed E-state index contributed by atoms with van der Waals surface area (Å²) in [6.45, 7) is 13.5. The number of aryl methyl sites for hydroxylation is 1. The maximum atomic E-state index is 10.3. The number of rotatable bonds is 10. The van der Waals surface area contributed by atoms with Gasteiger partial charge in [0.2, 0.25) is 0 Å². The topological polar surface area (TPSA) is 32.7 Å². The van der Waals surface area contributed by atoms with Crippen LogP contribution in [0.25, 0.3) is 0 Å². The van der Waals surface area contributed by atoms with E-state index < -0.39 is 6.10 Å². The Bertz CT molecular complexity index is 477. The number of hydrogen-bond acceptors (Lipinski definition) is 3. The van der Waals surface area contributed by atoms with Gasteiger partial charge in [-0.1, -0.05) is 45.7 Å². The third-order valence-corrected chi connectivity index (χ3v) is 4.50. The van der Waals surface area contributed by atoms with E-state index in [1.807, 2.05) is 19.1 Å². The van der Waals surface area contributed by atoms with Crippen LogP contribution in [0.2, 0.25) is 5.02 Å². The molecule has 0 spiro atoms. The van der Waals surface area contributed by atoms with Crippen molar-refractivity contribution in [1.82, 2.24) is 4.90 Å². The van der Waals surface area contributed by atoms with Crippen molar-refractivity contribution in [3.05, 3.63) is 28.3 Å². The van der Waals surface area contributed by atoms with E-state index in [2.05, 4.69) is 32.6 Å². The fourth-order valence-corrected chi connectivity index (χ4v) is 2.72. The Morgan fingerprint density at radius 2 is 1.96 bits per heavy atom. The van der Waals surface area contributed by atoms with E-state index in [0.29, 0.717) is 19.1 Å². The molecule has 1 N–H and O–H groups in total. The molecule has 0 bridgehead atoms. The molecule has 1 atom stereocenters. The van der Waals surface area contributed by atoms with Gasteiger partial charge in [-0.25, -0.2) is 0 Å². The highest BCUT2D eigenvalue weighted by Gasteiger charge is 2.14. The summed E-state index contributed by atoms with van der Waals surface area (Å²) >= 11 is 6.22. The molecule has 3 nitrogen and oxygen atoms in total. The van der Waals surface area contributed by atoms with Crippen molar-refractivity contribution in [2.24, 2.45) is 0 Å². The second-order valence-corrected chi connectivity index (χ2v) is 6.91. The average Bonchev–Trinajstić information content (AvgIpc) is 2.51. The van der Waals surface area contributed by atoms with Gasteiger partial charge in [0, 0.05) is 11.6 Å². The van der Waals surface area contributed by atoms with Gasteiger partial charge in [0.1, 0.15) is 18.5 Å². The fraction of sp³-hybridized carbons (Fsp3) is 0.684. The second kappa shape index (κ2) is 10.2. The molecule has 4 heteroatoms. The molecule has 0 heterocycles. The summed E-state index contributed by atoms with van der Waals surface area (Å²) in [6.07, 6.45) is 1.85. The molecule has 0 radical (unpaired) electrons.